The largest absolute Gasteiger partial charge is 0.458 e. The van der Waals surface area contributed by atoms with Gasteiger partial charge in [-0.25, -0.2) is 0 Å². The van der Waals surface area contributed by atoms with Gasteiger partial charge in [0.2, 0.25) is 0 Å². The predicted molar refractivity (Wildman–Crippen MR) is 106 cm³/mol. The van der Waals surface area contributed by atoms with Gasteiger partial charge < -0.3 is 4.74 Å². The van der Waals surface area contributed by atoms with E-state index >= 15 is 0 Å². The molecule has 0 aromatic heterocycles. The second-order valence-electron chi connectivity index (χ2n) is 8.20. The van der Waals surface area contributed by atoms with Gasteiger partial charge in [-0.2, -0.15) is 0 Å². The number of para-hydroxylation sites is 1. The Bertz CT molecular complexity index is 986. The maximum atomic E-state index is 6.31. The summed E-state index contributed by atoms with van der Waals surface area (Å²) in [4.78, 5) is 0. The highest BCUT2D eigenvalue weighted by molar-refractivity contribution is 6.97. The molecular weight excluding hydrogens is 303 g/mol. The fourth-order valence-electron chi connectivity index (χ4n) is 4.52. The van der Waals surface area contributed by atoms with Crippen molar-refractivity contribution >= 4 is 23.1 Å². The van der Waals surface area contributed by atoms with Gasteiger partial charge in [-0.1, -0.05) is 74.8 Å². The Kier molecular flexibility index (Phi) is 2.98. The standard InChI is InChI=1S/C23H21BO/c1-23(2,3)17-12-13-21-22-16(17)14-15-8-4-5-9-18(15)24(22)19-10-6-7-11-20(19)25-21/h4-13H,14H2,1-3H3. The molecule has 0 aliphatic carbocycles. The molecule has 2 heteroatoms. The lowest BCUT2D eigenvalue weighted by Gasteiger charge is -2.36. The van der Waals surface area contributed by atoms with Gasteiger partial charge in [0.15, 0.2) is 0 Å². The van der Waals surface area contributed by atoms with Crippen molar-refractivity contribution < 1.29 is 4.74 Å². The Morgan fingerprint density at radius 1 is 0.800 bits per heavy atom. The van der Waals surface area contributed by atoms with Gasteiger partial charge in [0.1, 0.15) is 11.5 Å². The number of hydrogen-bond donors (Lipinski definition) is 0. The van der Waals surface area contributed by atoms with Crippen LogP contribution in [0.4, 0.5) is 0 Å². The van der Waals surface area contributed by atoms with Gasteiger partial charge in [-0.15, -0.1) is 0 Å². The summed E-state index contributed by atoms with van der Waals surface area (Å²) in [7, 11) is 0. The minimum absolute atomic E-state index is 0.123. The van der Waals surface area contributed by atoms with Crippen LogP contribution in [0.15, 0.2) is 60.7 Å². The third-order valence-corrected chi connectivity index (χ3v) is 5.60. The van der Waals surface area contributed by atoms with Gasteiger partial charge in [0.25, 0.3) is 6.71 Å². The second kappa shape index (κ2) is 5.01. The summed E-state index contributed by atoms with van der Waals surface area (Å²) >= 11 is 0. The second-order valence-corrected chi connectivity index (χ2v) is 8.20. The smallest absolute Gasteiger partial charge is 0.251 e. The molecule has 2 aliphatic rings. The van der Waals surface area contributed by atoms with E-state index in [4.69, 9.17) is 4.74 Å². The van der Waals surface area contributed by atoms with E-state index in [1.165, 1.54) is 33.1 Å². The molecule has 0 atom stereocenters. The van der Waals surface area contributed by atoms with Gasteiger partial charge in [-0.05, 0) is 51.6 Å². The molecule has 0 bridgehead atoms. The third-order valence-electron chi connectivity index (χ3n) is 5.60. The van der Waals surface area contributed by atoms with Crippen LogP contribution in [0.25, 0.3) is 0 Å². The monoisotopic (exact) mass is 324 g/mol. The molecule has 25 heavy (non-hydrogen) atoms. The zero-order chi connectivity index (χ0) is 17.2. The van der Waals surface area contributed by atoms with Gasteiger partial charge in [0, 0.05) is 0 Å². The summed E-state index contributed by atoms with van der Waals surface area (Å²) < 4.78 is 6.31. The first kappa shape index (κ1) is 14.8. The lowest BCUT2D eigenvalue weighted by atomic mass is 9.32. The first-order valence-corrected chi connectivity index (χ1v) is 9.05. The predicted octanol–water partition coefficient (Wildman–Crippen LogP) is 3.51. The van der Waals surface area contributed by atoms with Crippen LogP contribution in [-0.4, -0.2) is 6.71 Å². The molecule has 3 aromatic carbocycles. The van der Waals surface area contributed by atoms with Crippen molar-refractivity contribution in [2.75, 3.05) is 0 Å². The Labute approximate surface area is 149 Å². The molecule has 0 saturated carbocycles. The molecule has 0 radical (unpaired) electrons. The Hall–Kier alpha value is -2.48. The van der Waals surface area contributed by atoms with Crippen LogP contribution in [0.3, 0.4) is 0 Å². The fourth-order valence-corrected chi connectivity index (χ4v) is 4.52. The summed E-state index contributed by atoms with van der Waals surface area (Å²) in [5.41, 5.74) is 8.56. The molecule has 0 spiro atoms. The lowest BCUT2D eigenvalue weighted by molar-refractivity contribution is 0.485. The molecule has 2 heterocycles. The van der Waals surface area contributed by atoms with Crippen LogP contribution in [0.5, 0.6) is 11.5 Å². The molecule has 1 nitrogen and oxygen atoms in total. The average molecular weight is 324 g/mol. The summed E-state index contributed by atoms with van der Waals surface area (Å²) in [6.07, 6.45) is 0.994. The Morgan fingerprint density at radius 2 is 1.52 bits per heavy atom. The van der Waals surface area contributed by atoms with E-state index < -0.39 is 0 Å². The molecule has 0 unspecified atom stereocenters. The Balaban J connectivity index is 1.86. The van der Waals surface area contributed by atoms with Crippen LogP contribution in [-0.2, 0) is 11.8 Å². The summed E-state index contributed by atoms with van der Waals surface area (Å²) in [6, 6.07) is 21.8. The van der Waals surface area contributed by atoms with Crippen LogP contribution >= 0.6 is 0 Å². The van der Waals surface area contributed by atoms with Crippen molar-refractivity contribution in [1.29, 1.82) is 0 Å². The zero-order valence-corrected chi connectivity index (χ0v) is 15.0. The van der Waals surface area contributed by atoms with Crippen molar-refractivity contribution in [1.82, 2.24) is 0 Å². The highest BCUT2D eigenvalue weighted by Crippen LogP contribution is 2.35. The minimum atomic E-state index is 0.123. The van der Waals surface area contributed by atoms with Crippen molar-refractivity contribution in [3.05, 3.63) is 77.4 Å². The van der Waals surface area contributed by atoms with Gasteiger partial charge in [-0.3, -0.25) is 0 Å². The van der Waals surface area contributed by atoms with E-state index in [2.05, 4.69) is 81.4 Å². The summed E-state index contributed by atoms with van der Waals surface area (Å²) in [5, 5.41) is 0. The van der Waals surface area contributed by atoms with E-state index in [0.717, 1.165) is 17.9 Å². The molecule has 5 rings (SSSR count). The molecule has 0 amide bonds. The summed E-state index contributed by atoms with van der Waals surface area (Å²) in [6.45, 7) is 7.19. The maximum absolute atomic E-state index is 6.31. The van der Waals surface area contributed by atoms with E-state index in [1.54, 1.807) is 0 Å². The molecule has 3 aromatic rings. The van der Waals surface area contributed by atoms with E-state index in [0.29, 0.717) is 0 Å². The minimum Gasteiger partial charge on any atom is -0.458 e. The number of fused-ring (bicyclic) bond motifs is 4. The fraction of sp³-hybridized carbons (Fsp3) is 0.217. The van der Waals surface area contributed by atoms with E-state index in [1.807, 2.05) is 0 Å². The van der Waals surface area contributed by atoms with Crippen LogP contribution in [0.1, 0.15) is 37.5 Å². The quantitative estimate of drug-likeness (QED) is 0.396. The topological polar surface area (TPSA) is 9.23 Å². The molecular formula is C23H21BO. The Morgan fingerprint density at radius 3 is 2.32 bits per heavy atom. The zero-order valence-electron chi connectivity index (χ0n) is 15.0. The van der Waals surface area contributed by atoms with Crippen molar-refractivity contribution in [2.45, 2.75) is 32.6 Å². The lowest BCUT2D eigenvalue weighted by Crippen LogP contribution is -2.59. The van der Waals surface area contributed by atoms with Crippen LogP contribution < -0.4 is 21.1 Å². The van der Waals surface area contributed by atoms with Crippen LogP contribution in [0, 0.1) is 0 Å². The van der Waals surface area contributed by atoms with Crippen LogP contribution in [0.2, 0.25) is 0 Å². The SMILES string of the molecule is CC(C)(C)c1ccc2c3c1Cc1ccccc1B3c1ccccc1O2. The first-order chi connectivity index (χ1) is 12.0. The highest BCUT2D eigenvalue weighted by atomic mass is 16.5. The molecule has 0 saturated heterocycles. The number of benzene rings is 3. The normalized spacial score (nSPS) is 14.3. The molecule has 2 aliphatic heterocycles. The van der Waals surface area contributed by atoms with Crippen molar-refractivity contribution in [2.24, 2.45) is 0 Å². The molecule has 122 valence electrons. The maximum Gasteiger partial charge on any atom is 0.251 e. The number of hydrogen-bond acceptors (Lipinski definition) is 1. The van der Waals surface area contributed by atoms with E-state index in [-0.39, 0.29) is 12.1 Å². The average Bonchev–Trinajstić information content (AvgIpc) is 2.60. The third kappa shape index (κ3) is 2.10. The number of rotatable bonds is 0. The van der Waals surface area contributed by atoms with Crippen molar-refractivity contribution in [3.63, 3.8) is 0 Å². The van der Waals surface area contributed by atoms with Gasteiger partial charge in [0.05, 0.1) is 0 Å². The van der Waals surface area contributed by atoms with Gasteiger partial charge >= 0.3 is 0 Å². The highest BCUT2D eigenvalue weighted by Gasteiger charge is 2.39. The summed E-state index contributed by atoms with van der Waals surface area (Å²) in [5.74, 6) is 2.02. The number of ether oxygens (including phenoxy) is 1. The molecule has 0 fully saturated rings. The van der Waals surface area contributed by atoms with E-state index in [9.17, 15) is 0 Å². The molecule has 0 N–H and O–H groups in total. The van der Waals surface area contributed by atoms with Crippen molar-refractivity contribution in [3.8, 4) is 11.5 Å². The first-order valence-electron chi connectivity index (χ1n) is 9.05.